The summed E-state index contributed by atoms with van der Waals surface area (Å²) >= 11 is 0. The molecule has 0 saturated carbocycles. The van der Waals surface area contributed by atoms with Gasteiger partial charge in [-0.3, -0.25) is 0 Å². The van der Waals surface area contributed by atoms with E-state index >= 15 is 0 Å². The van der Waals surface area contributed by atoms with Gasteiger partial charge in [-0.1, -0.05) is 35.5 Å². The second-order valence-corrected chi connectivity index (χ2v) is 4.74. The Morgan fingerprint density at radius 3 is 2.75 bits per heavy atom. The minimum absolute atomic E-state index is 0.501. The van der Waals surface area contributed by atoms with Gasteiger partial charge >= 0.3 is 0 Å². The molecule has 2 N–H and O–H groups in total. The van der Waals surface area contributed by atoms with Gasteiger partial charge in [0.05, 0.1) is 0 Å². The van der Waals surface area contributed by atoms with Crippen LogP contribution in [0, 0.1) is 6.92 Å². The SMILES string of the molecule is Cc1ccccc1Cc1noc(-c2cccc(N)c2)n1. The zero-order chi connectivity index (χ0) is 13.9. The van der Waals surface area contributed by atoms with E-state index in [4.69, 9.17) is 10.3 Å². The number of hydrogen-bond acceptors (Lipinski definition) is 4. The van der Waals surface area contributed by atoms with E-state index in [1.54, 1.807) is 0 Å². The van der Waals surface area contributed by atoms with E-state index in [1.165, 1.54) is 11.1 Å². The lowest BCUT2D eigenvalue weighted by molar-refractivity contribution is 0.424. The van der Waals surface area contributed by atoms with Crippen molar-refractivity contribution >= 4 is 5.69 Å². The number of aryl methyl sites for hydroxylation is 1. The Morgan fingerprint density at radius 1 is 1.10 bits per heavy atom. The van der Waals surface area contributed by atoms with E-state index in [0.29, 0.717) is 23.8 Å². The molecular weight excluding hydrogens is 250 g/mol. The van der Waals surface area contributed by atoms with Crippen molar-refractivity contribution in [3.8, 4) is 11.5 Å². The van der Waals surface area contributed by atoms with Gasteiger partial charge in [-0.2, -0.15) is 4.98 Å². The molecule has 20 heavy (non-hydrogen) atoms. The first-order valence-electron chi connectivity index (χ1n) is 6.45. The number of rotatable bonds is 3. The molecule has 100 valence electrons. The number of anilines is 1. The molecule has 0 aliphatic carbocycles. The average molecular weight is 265 g/mol. The summed E-state index contributed by atoms with van der Waals surface area (Å²) < 4.78 is 5.30. The van der Waals surface area contributed by atoms with Crippen LogP contribution in [-0.2, 0) is 6.42 Å². The highest BCUT2D eigenvalue weighted by Crippen LogP contribution is 2.20. The van der Waals surface area contributed by atoms with Gasteiger partial charge in [-0.25, -0.2) is 0 Å². The van der Waals surface area contributed by atoms with Crippen LogP contribution in [0.4, 0.5) is 5.69 Å². The third-order valence-corrected chi connectivity index (χ3v) is 3.21. The molecule has 0 fully saturated rings. The summed E-state index contributed by atoms with van der Waals surface area (Å²) in [4.78, 5) is 4.42. The quantitative estimate of drug-likeness (QED) is 0.738. The van der Waals surface area contributed by atoms with Gasteiger partial charge in [-0.05, 0) is 36.2 Å². The Hall–Kier alpha value is -2.62. The highest BCUT2D eigenvalue weighted by atomic mass is 16.5. The molecule has 0 bridgehead atoms. The summed E-state index contributed by atoms with van der Waals surface area (Å²) in [5.41, 5.74) is 9.71. The number of aromatic nitrogens is 2. The second-order valence-electron chi connectivity index (χ2n) is 4.74. The van der Waals surface area contributed by atoms with E-state index in [2.05, 4.69) is 29.2 Å². The van der Waals surface area contributed by atoms with Crippen LogP contribution in [0.3, 0.4) is 0 Å². The van der Waals surface area contributed by atoms with E-state index in [9.17, 15) is 0 Å². The van der Waals surface area contributed by atoms with E-state index in [0.717, 1.165) is 5.56 Å². The molecule has 4 heteroatoms. The van der Waals surface area contributed by atoms with Crippen LogP contribution in [-0.4, -0.2) is 10.1 Å². The lowest BCUT2D eigenvalue weighted by Gasteiger charge is -2.00. The van der Waals surface area contributed by atoms with Crippen molar-refractivity contribution < 1.29 is 4.52 Å². The maximum Gasteiger partial charge on any atom is 0.258 e. The minimum atomic E-state index is 0.501. The summed E-state index contributed by atoms with van der Waals surface area (Å²) in [5, 5.41) is 4.03. The maximum absolute atomic E-state index is 5.76. The summed E-state index contributed by atoms with van der Waals surface area (Å²) in [6.07, 6.45) is 0.665. The molecule has 4 nitrogen and oxygen atoms in total. The van der Waals surface area contributed by atoms with Crippen LogP contribution in [0.15, 0.2) is 53.1 Å². The maximum atomic E-state index is 5.76. The lowest BCUT2D eigenvalue weighted by atomic mass is 10.1. The number of nitrogens with zero attached hydrogens (tertiary/aromatic N) is 2. The van der Waals surface area contributed by atoms with Crippen molar-refractivity contribution in [1.82, 2.24) is 10.1 Å². The highest BCUT2D eigenvalue weighted by Gasteiger charge is 2.10. The first-order valence-corrected chi connectivity index (χ1v) is 6.45. The van der Waals surface area contributed by atoms with E-state index in [1.807, 2.05) is 36.4 Å². The number of nitrogens with two attached hydrogens (primary N) is 1. The second kappa shape index (κ2) is 5.17. The topological polar surface area (TPSA) is 64.9 Å². The first kappa shape index (κ1) is 12.4. The third kappa shape index (κ3) is 2.54. The van der Waals surface area contributed by atoms with Crippen LogP contribution in [0.1, 0.15) is 17.0 Å². The molecule has 0 spiro atoms. The van der Waals surface area contributed by atoms with Crippen LogP contribution in [0.2, 0.25) is 0 Å². The highest BCUT2D eigenvalue weighted by molar-refractivity contribution is 5.59. The monoisotopic (exact) mass is 265 g/mol. The molecule has 0 unspecified atom stereocenters. The van der Waals surface area contributed by atoms with Crippen molar-refractivity contribution in [2.45, 2.75) is 13.3 Å². The lowest BCUT2D eigenvalue weighted by Crippen LogP contribution is -1.93. The Bertz CT molecular complexity index is 734. The predicted octanol–water partition coefficient (Wildman–Crippen LogP) is 3.22. The molecule has 0 saturated heterocycles. The average Bonchev–Trinajstić information content (AvgIpc) is 2.90. The molecule has 3 aromatic rings. The fourth-order valence-electron chi connectivity index (χ4n) is 2.09. The molecule has 0 amide bonds. The van der Waals surface area contributed by atoms with Crippen molar-refractivity contribution in [1.29, 1.82) is 0 Å². The van der Waals surface area contributed by atoms with Gasteiger partial charge in [0.25, 0.3) is 5.89 Å². The van der Waals surface area contributed by atoms with E-state index in [-0.39, 0.29) is 0 Å². The molecule has 0 atom stereocenters. The zero-order valence-corrected chi connectivity index (χ0v) is 11.2. The Labute approximate surface area is 117 Å². The normalized spacial score (nSPS) is 10.7. The number of benzene rings is 2. The fourth-order valence-corrected chi connectivity index (χ4v) is 2.09. The molecule has 0 aliphatic heterocycles. The van der Waals surface area contributed by atoms with E-state index < -0.39 is 0 Å². The predicted molar refractivity (Wildman–Crippen MR) is 78.1 cm³/mol. The molecule has 3 rings (SSSR count). The van der Waals surface area contributed by atoms with Gasteiger partial charge in [0.15, 0.2) is 5.82 Å². The van der Waals surface area contributed by atoms with Crippen molar-refractivity contribution in [2.75, 3.05) is 5.73 Å². The minimum Gasteiger partial charge on any atom is -0.399 e. The van der Waals surface area contributed by atoms with Gasteiger partial charge in [0.2, 0.25) is 0 Å². The summed E-state index contributed by atoms with van der Waals surface area (Å²) in [7, 11) is 0. The summed E-state index contributed by atoms with van der Waals surface area (Å²) in [6, 6.07) is 15.6. The Balaban J connectivity index is 1.86. The largest absolute Gasteiger partial charge is 0.399 e. The van der Waals surface area contributed by atoms with Gasteiger partial charge < -0.3 is 10.3 Å². The first-order chi connectivity index (χ1) is 9.72. The number of hydrogen-bond donors (Lipinski definition) is 1. The molecular formula is C16H15N3O. The standard InChI is InChI=1S/C16H15N3O/c1-11-5-2-3-6-12(11)10-15-18-16(20-19-15)13-7-4-8-14(17)9-13/h2-9H,10,17H2,1H3. The Kier molecular flexibility index (Phi) is 3.21. The molecule has 2 aromatic carbocycles. The van der Waals surface area contributed by atoms with Crippen LogP contribution in [0.5, 0.6) is 0 Å². The van der Waals surface area contributed by atoms with Crippen molar-refractivity contribution in [3.05, 3.63) is 65.5 Å². The Morgan fingerprint density at radius 2 is 1.95 bits per heavy atom. The smallest absolute Gasteiger partial charge is 0.258 e. The third-order valence-electron chi connectivity index (χ3n) is 3.21. The van der Waals surface area contributed by atoms with Gasteiger partial charge in [0, 0.05) is 17.7 Å². The summed E-state index contributed by atoms with van der Waals surface area (Å²) in [6.45, 7) is 2.08. The molecule has 0 radical (unpaired) electrons. The van der Waals surface area contributed by atoms with Gasteiger partial charge in [-0.15, -0.1) is 0 Å². The number of nitrogen functional groups attached to an aromatic ring is 1. The van der Waals surface area contributed by atoms with Crippen LogP contribution >= 0.6 is 0 Å². The molecule has 0 aliphatic rings. The van der Waals surface area contributed by atoms with Crippen molar-refractivity contribution in [2.24, 2.45) is 0 Å². The van der Waals surface area contributed by atoms with Crippen molar-refractivity contribution in [3.63, 3.8) is 0 Å². The fraction of sp³-hybridized carbons (Fsp3) is 0.125. The van der Waals surface area contributed by atoms with Crippen LogP contribution < -0.4 is 5.73 Å². The van der Waals surface area contributed by atoms with Gasteiger partial charge in [0.1, 0.15) is 0 Å². The molecule has 1 heterocycles. The summed E-state index contributed by atoms with van der Waals surface area (Å²) in [5.74, 6) is 1.18. The molecule has 1 aromatic heterocycles. The zero-order valence-electron chi connectivity index (χ0n) is 11.2. The van der Waals surface area contributed by atoms with Crippen LogP contribution in [0.25, 0.3) is 11.5 Å².